The molecule has 9 rings (SSSR count). The molecule has 290 valence electrons. The highest BCUT2D eigenvalue weighted by Crippen LogP contribution is 2.33. The summed E-state index contributed by atoms with van der Waals surface area (Å²) < 4.78 is 7.22. The van der Waals surface area contributed by atoms with Crippen molar-refractivity contribution in [3.05, 3.63) is 84.9 Å². The first-order valence-electron chi connectivity index (χ1n) is 22.6. The monoisotopic (exact) mass is 807 g/mol. The zero-order valence-corrected chi connectivity index (χ0v) is 40.3. The molecule has 0 aliphatic heterocycles. The molecule has 0 atom stereocenters. The molecule has 0 amide bonds. The molecule has 0 bridgehead atoms. The number of furan rings is 1. The second-order valence-corrected chi connectivity index (χ2v) is 18.4. The zero-order chi connectivity index (χ0) is 45.6. The molecule has 9 aromatic rings. The summed E-state index contributed by atoms with van der Waals surface area (Å²) in [5, 5.41) is 2.47. The summed E-state index contributed by atoms with van der Waals surface area (Å²) in [5.41, 5.74) is 31.6. The molecule has 0 unspecified atom stereocenters. The number of fused-ring (bicyclic) bond motifs is 3. The maximum absolute atomic E-state index is 7.22. The van der Waals surface area contributed by atoms with E-state index in [1.54, 1.807) is 0 Å². The number of hydrogen-bond acceptors (Lipinski definition) is 4. The molecule has 0 radical (unpaired) electrons. The fourth-order valence-electron chi connectivity index (χ4n) is 10.5. The van der Waals surface area contributed by atoms with Crippen LogP contribution < -0.4 is 81.9 Å². The van der Waals surface area contributed by atoms with Crippen LogP contribution in [0.15, 0.2) is 89.3 Å². The lowest BCUT2D eigenvalue weighted by atomic mass is 9.57. The molecule has 2 aromatic heterocycles. The van der Waals surface area contributed by atoms with E-state index in [2.05, 4.69) is 178 Å². The van der Waals surface area contributed by atoms with Gasteiger partial charge < -0.3 is 4.42 Å². The summed E-state index contributed by atoms with van der Waals surface area (Å²) >= 11 is 0. The van der Waals surface area contributed by atoms with Crippen molar-refractivity contribution in [2.75, 3.05) is 0 Å². The Kier molecular flexibility index (Phi) is 11.2. The second kappa shape index (κ2) is 16.4. The van der Waals surface area contributed by atoms with E-state index < -0.39 is 0 Å². The maximum Gasteiger partial charge on any atom is 0.164 e. The van der Waals surface area contributed by atoms with Gasteiger partial charge in [0, 0.05) is 27.5 Å². The van der Waals surface area contributed by atoms with E-state index in [0.717, 1.165) is 44.3 Å². The molecule has 0 saturated heterocycles. The van der Waals surface area contributed by atoms with E-state index in [0.29, 0.717) is 17.5 Å². The van der Waals surface area contributed by atoms with Crippen LogP contribution in [0.3, 0.4) is 0 Å². The summed E-state index contributed by atoms with van der Waals surface area (Å²) in [6.07, 6.45) is 0. The standard InChI is InChI=1S/C45H44B15N3O/c46-26-19(21-30(50)36(56)39(59)37(57)31(21)51)20-24-32(52)29(49)23(35(55)42(24)64-41(20)40(60)38(26)58)22-27(47)33(53)25(34(54)28(22)48)45-62-43(17-9-5-2-6-10-17)61-44(63-45)18-13-11-16(12-14-18)15-7-3-1-4-8-15/h1-14H,46-60H2. The first-order valence-corrected chi connectivity index (χ1v) is 22.6. The Balaban J connectivity index is 1.26. The maximum atomic E-state index is 7.22. The van der Waals surface area contributed by atoms with Gasteiger partial charge in [-0.2, -0.15) is 0 Å². The number of rotatable bonds is 6. The van der Waals surface area contributed by atoms with Crippen molar-refractivity contribution in [3.63, 3.8) is 0 Å². The Labute approximate surface area is 391 Å². The van der Waals surface area contributed by atoms with Crippen molar-refractivity contribution in [2.24, 2.45) is 0 Å². The van der Waals surface area contributed by atoms with Gasteiger partial charge in [0.1, 0.15) is 129 Å². The van der Waals surface area contributed by atoms with E-state index in [1.165, 1.54) is 110 Å². The van der Waals surface area contributed by atoms with Gasteiger partial charge in [0.05, 0.1) is 0 Å². The summed E-state index contributed by atoms with van der Waals surface area (Å²) in [4.78, 5) is 15.6. The Morgan fingerprint density at radius 3 is 1.12 bits per heavy atom. The Hall–Kier alpha value is -5.68. The van der Waals surface area contributed by atoms with Crippen LogP contribution in [0.1, 0.15) is 0 Å². The molecule has 64 heavy (non-hydrogen) atoms. The quantitative estimate of drug-likeness (QED) is 0.157. The average Bonchev–Trinajstić information content (AvgIpc) is 3.72. The Morgan fingerprint density at radius 2 is 0.578 bits per heavy atom. The third kappa shape index (κ3) is 6.71. The van der Waals surface area contributed by atoms with E-state index in [4.69, 9.17) is 19.4 Å². The minimum atomic E-state index is 0.654. The van der Waals surface area contributed by atoms with Gasteiger partial charge in [0.25, 0.3) is 0 Å². The average molecular weight is 805 g/mol. The van der Waals surface area contributed by atoms with Gasteiger partial charge in [-0.3, -0.25) is 0 Å². The van der Waals surface area contributed by atoms with Gasteiger partial charge in [0.2, 0.25) is 0 Å². The van der Waals surface area contributed by atoms with E-state index in [1.807, 2.05) is 24.3 Å². The molecule has 4 nitrogen and oxygen atoms in total. The molecule has 0 N–H and O–H groups in total. The van der Waals surface area contributed by atoms with Gasteiger partial charge in [-0.15, -0.1) is 16.4 Å². The van der Waals surface area contributed by atoms with Crippen LogP contribution in [0.2, 0.25) is 0 Å². The lowest BCUT2D eigenvalue weighted by molar-refractivity contribution is 0.675. The van der Waals surface area contributed by atoms with E-state index in [9.17, 15) is 0 Å². The van der Waals surface area contributed by atoms with Crippen LogP contribution in [0.5, 0.6) is 0 Å². The van der Waals surface area contributed by atoms with Gasteiger partial charge >= 0.3 is 0 Å². The topological polar surface area (TPSA) is 51.8 Å². The van der Waals surface area contributed by atoms with Crippen LogP contribution >= 0.6 is 0 Å². The molecular formula is C45H44B15N3O. The molecule has 0 spiro atoms. The second-order valence-electron chi connectivity index (χ2n) is 18.4. The van der Waals surface area contributed by atoms with Crippen molar-refractivity contribution in [3.8, 4) is 67.5 Å². The van der Waals surface area contributed by atoms with Gasteiger partial charge in [-0.25, -0.2) is 15.0 Å². The fraction of sp³-hybridized carbons (Fsp3) is 0. The fourth-order valence-corrected chi connectivity index (χ4v) is 10.5. The van der Waals surface area contributed by atoms with Crippen LogP contribution in [0.4, 0.5) is 0 Å². The normalized spacial score (nSPS) is 11.4. The van der Waals surface area contributed by atoms with E-state index in [-0.39, 0.29) is 0 Å². The molecule has 2 heterocycles. The molecule has 19 heteroatoms. The third-order valence-corrected chi connectivity index (χ3v) is 15.3. The Morgan fingerprint density at radius 1 is 0.250 bits per heavy atom. The highest BCUT2D eigenvalue weighted by Gasteiger charge is 2.28. The molecule has 0 aliphatic rings. The predicted octanol–water partition coefficient (Wildman–Crippen LogP) is -14.4. The molecule has 0 saturated carbocycles. The molecular weight excluding hydrogens is 761 g/mol. The predicted molar refractivity (Wildman–Crippen MR) is 322 cm³/mol. The number of benzene rings is 7. The Bertz CT molecular complexity index is 3380. The SMILES string of the molecule is Bc1c(B)c(B)c(-c2c(B)c(B)c(B)c3oc4c(B)c(-c5c(B)c(B)c(-c6nc(-c7ccccc7)nc(-c7ccc(-c8ccccc8)cc7)n6)c(B)c5B)c(B)c(B)c4c23)c(B)c1B. The smallest absolute Gasteiger partial charge is 0.164 e. The third-order valence-electron chi connectivity index (χ3n) is 15.3. The highest BCUT2D eigenvalue weighted by atomic mass is 16.3. The molecule has 0 aliphatic carbocycles. The van der Waals surface area contributed by atoms with Gasteiger partial charge in [-0.1, -0.05) is 145 Å². The molecule has 7 aromatic carbocycles. The summed E-state index contributed by atoms with van der Waals surface area (Å²) in [6, 6.07) is 29.2. The number of hydrogen-bond donors (Lipinski definition) is 0. The summed E-state index contributed by atoms with van der Waals surface area (Å²) in [6.45, 7) is 0. The van der Waals surface area contributed by atoms with Crippen molar-refractivity contribution < 1.29 is 4.42 Å². The van der Waals surface area contributed by atoms with Crippen molar-refractivity contribution in [1.82, 2.24) is 15.0 Å². The first-order chi connectivity index (χ1) is 30.5. The summed E-state index contributed by atoms with van der Waals surface area (Å²) in [5.74, 6) is 1.99. The van der Waals surface area contributed by atoms with Crippen molar-refractivity contribution in [1.29, 1.82) is 0 Å². The van der Waals surface area contributed by atoms with Crippen molar-refractivity contribution in [2.45, 2.75) is 0 Å². The zero-order valence-electron chi connectivity index (χ0n) is 40.3. The number of aromatic nitrogens is 3. The van der Waals surface area contributed by atoms with Gasteiger partial charge in [0.15, 0.2) is 17.5 Å². The van der Waals surface area contributed by atoms with Gasteiger partial charge in [-0.05, 0) is 38.8 Å². The lowest BCUT2D eigenvalue weighted by Crippen LogP contribution is -2.56. The van der Waals surface area contributed by atoms with Crippen LogP contribution in [-0.4, -0.2) is 133 Å². The first kappa shape index (κ1) is 43.6. The summed E-state index contributed by atoms with van der Waals surface area (Å²) in [7, 11) is 34.1. The van der Waals surface area contributed by atoms with Crippen LogP contribution in [0, 0.1) is 0 Å². The minimum Gasteiger partial charge on any atom is -0.457 e. The lowest BCUT2D eigenvalue weighted by Gasteiger charge is -2.26. The highest BCUT2D eigenvalue weighted by molar-refractivity contribution is 6.72. The minimum absolute atomic E-state index is 0.654. The van der Waals surface area contributed by atoms with E-state index >= 15 is 0 Å². The number of nitrogens with zero attached hydrogens (tertiary/aromatic N) is 3. The van der Waals surface area contributed by atoms with Crippen molar-refractivity contribution >= 4 is 222 Å². The molecule has 0 fully saturated rings. The van der Waals surface area contributed by atoms with Crippen LogP contribution in [0.25, 0.3) is 89.5 Å². The van der Waals surface area contributed by atoms with Crippen LogP contribution in [-0.2, 0) is 0 Å². The largest absolute Gasteiger partial charge is 0.457 e.